The lowest BCUT2D eigenvalue weighted by molar-refractivity contribution is 0.159. The number of halogens is 2. The number of hydrogen-bond acceptors (Lipinski definition) is 8. The molecule has 0 spiro atoms. The number of nitrogens with zero attached hydrogens (tertiary/aromatic N) is 4. The van der Waals surface area contributed by atoms with Crippen molar-refractivity contribution in [2.24, 2.45) is 0 Å². The molecule has 2 amide bonds. The summed E-state index contributed by atoms with van der Waals surface area (Å²) in [5.74, 6) is -1.36. The zero-order valence-corrected chi connectivity index (χ0v) is 27.1. The minimum atomic E-state index is -0.819. The number of carbonyl (C=O) groups is 1. The number of likely N-dealkylation sites (N-methyl/N-ethyl adjacent to an activating group) is 1. The Hall–Kier alpha value is -4.92. The predicted octanol–water partition coefficient (Wildman–Crippen LogP) is 4.83. The molecule has 0 atom stereocenters. The van der Waals surface area contributed by atoms with Gasteiger partial charge in [0.15, 0.2) is 0 Å². The van der Waals surface area contributed by atoms with E-state index >= 15 is 0 Å². The van der Waals surface area contributed by atoms with E-state index in [9.17, 15) is 23.2 Å². The predicted molar refractivity (Wildman–Crippen MR) is 178 cm³/mol. The van der Waals surface area contributed by atoms with E-state index < -0.39 is 29.4 Å². The van der Waals surface area contributed by atoms with Crippen LogP contribution in [-0.2, 0) is 17.8 Å². The number of ether oxygens (including phenoxy) is 2. The number of pyridine rings is 1. The van der Waals surface area contributed by atoms with Gasteiger partial charge in [0.05, 0.1) is 37.5 Å². The largest absolute Gasteiger partial charge is 0.481 e. The van der Waals surface area contributed by atoms with E-state index in [0.717, 1.165) is 22.3 Å². The molecule has 0 aliphatic heterocycles. The van der Waals surface area contributed by atoms with Crippen LogP contribution in [0.2, 0.25) is 0 Å². The van der Waals surface area contributed by atoms with Gasteiger partial charge in [0.2, 0.25) is 5.88 Å². The fraction of sp³-hybridized carbons (Fsp3) is 0.273. The van der Waals surface area contributed by atoms with Gasteiger partial charge in [0, 0.05) is 48.9 Å². The molecule has 3 heterocycles. The van der Waals surface area contributed by atoms with Gasteiger partial charge in [0.25, 0.3) is 5.56 Å². The summed E-state index contributed by atoms with van der Waals surface area (Å²) >= 11 is 1.18. The van der Waals surface area contributed by atoms with Gasteiger partial charge >= 0.3 is 11.7 Å². The second-order valence-corrected chi connectivity index (χ2v) is 11.6. The van der Waals surface area contributed by atoms with Crippen LogP contribution < -0.4 is 26.6 Å². The Morgan fingerprint density at radius 1 is 1.02 bits per heavy atom. The van der Waals surface area contributed by atoms with Gasteiger partial charge in [0.1, 0.15) is 16.5 Å². The number of benzene rings is 2. The summed E-state index contributed by atoms with van der Waals surface area (Å²) in [6.07, 6.45) is 1.33. The first kappa shape index (κ1) is 33.4. The van der Waals surface area contributed by atoms with Crippen molar-refractivity contribution in [1.29, 1.82) is 0 Å². The molecule has 5 rings (SSSR count). The molecular formula is C33H34F2N6O5S. The van der Waals surface area contributed by atoms with Crippen molar-refractivity contribution in [3.8, 4) is 22.0 Å². The maximum Gasteiger partial charge on any atom is 0.337 e. The number of urea groups is 1. The monoisotopic (exact) mass is 664 g/mol. The van der Waals surface area contributed by atoms with E-state index in [-0.39, 0.29) is 33.4 Å². The Morgan fingerprint density at radius 3 is 2.36 bits per heavy atom. The number of methoxy groups -OCH3 is 2. The summed E-state index contributed by atoms with van der Waals surface area (Å²) in [5.41, 5.74) is 0.356. The molecule has 2 N–H and O–H groups in total. The third-order valence-corrected chi connectivity index (χ3v) is 8.79. The number of nitrogens with one attached hydrogen (secondary N) is 2. The first-order valence-corrected chi connectivity index (χ1v) is 15.6. The average molecular weight is 665 g/mol. The van der Waals surface area contributed by atoms with Crippen LogP contribution in [0.1, 0.15) is 18.1 Å². The summed E-state index contributed by atoms with van der Waals surface area (Å²) in [4.78, 5) is 47.7. The van der Waals surface area contributed by atoms with Crippen LogP contribution in [0, 0.1) is 11.6 Å². The fourth-order valence-electron chi connectivity index (χ4n) is 5.12. The first-order chi connectivity index (χ1) is 22.7. The molecule has 0 saturated heterocycles. The number of anilines is 1. The third kappa shape index (κ3) is 7.09. The second kappa shape index (κ2) is 14.7. The first-order valence-electron chi connectivity index (χ1n) is 14.7. The maximum absolute atomic E-state index is 15.0. The van der Waals surface area contributed by atoms with Gasteiger partial charge in [-0.25, -0.2) is 27.9 Å². The molecular weight excluding hydrogens is 630 g/mol. The van der Waals surface area contributed by atoms with Crippen LogP contribution in [0.5, 0.6) is 5.88 Å². The molecule has 11 nitrogen and oxygen atoms in total. The van der Waals surface area contributed by atoms with Gasteiger partial charge in [-0.15, -0.1) is 11.3 Å². The molecule has 47 heavy (non-hydrogen) atoms. The van der Waals surface area contributed by atoms with Crippen molar-refractivity contribution in [2.45, 2.75) is 20.0 Å². The SMILES string of the molecule is CCNC(=O)Nc1ccc(-c2sc3c(c2CN(C)CCOC)c(=O)n(-c2ccc(OC)nc2)c(=O)n3Cc2c(F)cccc2F)cc1. The van der Waals surface area contributed by atoms with Crippen molar-refractivity contribution in [3.05, 3.63) is 104 Å². The highest BCUT2D eigenvalue weighted by Gasteiger charge is 2.26. The highest BCUT2D eigenvalue weighted by atomic mass is 32.1. The molecule has 0 bridgehead atoms. The topological polar surface area (TPSA) is 120 Å². The van der Waals surface area contributed by atoms with Crippen molar-refractivity contribution >= 4 is 33.3 Å². The van der Waals surface area contributed by atoms with E-state index in [0.29, 0.717) is 42.4 Å². The van der Waals surface area contributed by atoms with E-state index in [1.165, 1.54) is 47.4 Å². The van der Waals surface area contributed by atoms with E-state index in [2.05, 4.69) is 15.6 Å². The van der Waals surface area contributed by atoms with Gasteiger partial charge in [-0.05, 0) is 55.4 Å². The van der Waals surface area contributed by atoms with Crippen LogP contribution in [0.4, 0.5) is 19.3 Å². The minimum Gasteiger partial charge on any atom is -0.481 e. The zero-order valence-electron chi connectivity index (χ0n) is 26.3. The molecule has 0 saturated carbocycles. The maximum atomic E-state index is 15.0. The lowest BCUT2D eigenvalue weighted by Crippen LogP contribution is -2.39. The van der Waals surface area contributed by atoms with Gasteiger partial charge in [-0.1, -0.05) is 18.2 Å². The summed E-state index contributed by atoms with van der Waals surface area (Å²) in [5, 5.41) is 5.67. The Labute approximate surface area is 273 Å². The molecule has 0 unspecified atom stereocenters. The molecule has 0 aliphatic carbocycles. The van der Waals surface area contributed by atoms with Crippen molar-refractivity contribution in [2.75, 3.05) is 46.3 Å². The molecule has 14 heteroatoms. The number of amides is 2. The van der Waals surface area contributed by atoms with Crippen LogP contribution in [0.25, 0.3) is 26.3 Å². The lowest BCUT2D eigenvalue weighted by atomic mass is 10.1. The number of aromatic nitrogens is 3. The Kier molecular flexibility index (Phi) is 10.4. The van der Waals surface area contributed by atoms with Crippen LogP contribution in [0.3, 0.4) is 0 Å². The highest BCUT2D eigenvalue weighted by molar-refractivity contribution is 7.22. The van der Waals surface area contributed by atoms with Gasteiger partial charge < -0.3 is 20.1 Å². The normalized spacial score (nSPS) is 11.3. The summed E-state index contributed by atoms with van der Waals surface area (Å²) in [6.45, 7) is 3.08. The fourth-order valence-corrected chi connectivity index (χ4v) is 6.43. The Bertz CT molecular complexity index is 1990. The van der Waals surface area contributed by atoms with E-state index in [4.69, 9.17) is 9.47 Å². The number of thiophene rings is 1. The van der Waals surface area contributed by atoms with Crippen molar-refractivity contribution < 1.29 is 23.0 Å². The molecule has 3 aromatic heterocycles. The molecule has 2 aromatic carbocycles. The zero-order chi connectivity index (χ0) is 33.7. The summed E-state index contributed by atoms with van der Waals surface area (Å²) in [6, 6.07) is 13.2. The minimum absolute atomic E-state index is 0.165. The molecule has 0 radical (unpaired) electrons. The highest BCUT2D eigenvalue weighted by Crippen LogP contribution is 2.38. The third-order valence-electron chi connectivity index (χ3n) is 7.49. The molecule has 0 fully saturated rings. The van der Waals surface area contributed by atoms with Crippen LogP contribution in [0.15, 0.2) is 70.4 Å². The standard InChI is InChI=1S/C33H34F2N6O5S/c1-5-36-32(43)38-21-11-9-20(10-12-21)29-24(18-39(2)15-16-45-3)28-30(42)41(22-13-14-27(46-4)37-17-22)33(44)40(31(28)47-29)19-23-25(34)7-6-8-26(23)35/h6-14,17H,5,15-16,18-19H2,1-4H3,(H2,36,38,43). The Balaban J connectivity index is 1.79. The number of carbonyl (C=O) groups excluding carboxylic acids is 1. The summed E-state index contributed by atoms with van der Waals surface area (Å²) < 4.78 is 42.5. The van der Waals surface area contributed by atoms with Crippen molar-refractivity contribution in [3.63, 3.8) is 0 Å². The van der Waals surface area contributed by atoms with E-state index in [1.54, 1.807) is 31.4 Å². The van der Waals surface area contributed by atoms with Gasteiger partial charge in [-0.3, -0.25) is 14.3 Å². The second-order valence-electron chi connectivity index (χ2n) is 10.7. The Morgan fingerprint density at radius 2 is 1.74 bits per heavy atom. The van der Waals surface area contributed by atoms with Crippen molar-refractivity contribution in [1.82, 2.24) is 24.3 Å². The van der Waals surface area contributed by atoms with E-state index in [1.807, 2.05) is 18.9 Å². The van der Waals surface area contributed by atoms with Gasteiger partial charge in [-0.2, -0.15) is 0 Å². The molecule has 0 aliphatic rings. The summed E-state index contributed by atoms with van der Waals surface area (Å²) in [7, 11) is 4.91. The number of rotatable bonds is 12. The molecule has 246 valence electrons. The smallest absolute Gasteiger partial charge is 0.337 e. The number of hydrogen-bond donors (Lipinski definition) is 2. The van der Waals surface area contributed by atoms with Crippen LogP contribution >= 0.6 is 11.3 Å². The number of fused-ring (bicyclic) bond motifs is 1. The lowest BCUT2D eigenvalue weighted by Gasteiger charge is -2.18. The average Bonchev–Trinajstić information content (AvgIpc) is 3.43. The van der Waals surface area contributed by atoms with Crippen LogP contribution in [-0.4, -0.2) is 66.0 Å². The molecule has 5 aromatic rings. The quantitative estimate of drug-likeness (QED) is 0.196.